The van der Waals surface area contributed by atoms with Gasteiger partial charge in [-0.1, -0.05) is 59.4 Å². The number of carbonyl (C=O) groups is 1. The van der Waals surface area contributed by atoms with E-state index in [-0.39, 0.29) is 19.0 Å². The number of hydrogen-bond donors (Lipinski definition) is 1. The van der Waals surface area contributed by atoms with E-state index in [1.165, 1.54) is 11.3 Å². The first-order valence-corrected chi connectivity index (χ1v) is 14.9. The van der Waals surface area contributed by atoms with Crippen LogP contribution in [0.5, 0.6) is 11.5 Å². The van der Waals surface area contributed by atoms with Gasteiger partial charge in [-0.25, -0.2) is 9.79 Å². The zero-order valence-corrected chi connectivity index (χ0v) is 25.0. The molecule has 0 saturated heterocycles. The largest absolute Gasteiger partial charge is 0.463 e. The van der Waals surface area contributed by atoms with E-state index < -0.39 is 12.0 Å². The number of rotatable bonds is 5. The molecule has 9 heteroatoms. The third-order valence-electron chi connectivity index (χ3n) is 7.86. The fraction of sp³-hybridized carbons (Fsp3) is 0.206. The van der Waals surface area contributed by atoms with Crippen LogP contribution in [0.25, 0.3) is 28.2 Å². The van der Waals surface area contributed by atoms with Crippen molar-refractivity contribution >= 4 is 34.3 Å². The molecule has 43 heavy (non-hydrogen) atoms. The highest BCUT2D eigenvalue weighted by Gasteiger charge is 2.34. The van der Waals surface area contributed by atoms with Crippen molar-refractivity contribution < 1.29 is 19.0 Å². The molecule has 7 rings (SSSR count). The fourth-order valence-corrected chi connectivity index (χ4v) is 7.00. The fourth-order valence-electron chi connectivity index (χ4n) is 5.98. The van der Waals surface area contributed by atoms with Gasteiger partial charge in [-0.15, -0.1) is 0 Å². The van der Waals surface area contributed by atoms with Crippen molar-refractivity contribution in [2.75, 3.05) is 13.4 Å². The van der Waals surface area contributed by atoms with Crippen LogP contribution < -0.4 is 24.4 Å². The molecule has 0 amide bonds. The van der Waals surface area contributed by atoms with Crippen molar-refractivity contribution in [3.63, 3.8) is 0 Å². The summed E-state index contributed by atoms with van der Waals surface area (Å²) in [4.78, 5) is 36.5. The zero-order chi connectivity index (χ0) is 29.8. The number of aromatic nitrogens is 2. The highest BCUT2D eigenvalue weighted by molar-refractivity contribution is 7.07. The second-order valence-corrected chi connectivity index (χ2v) is 11.7. The lowest BCUT2D eigenvalue weighted by molar-refractivity contribution is -0.139. The SMILES string of the molecule is CCOC(=O)C1=C(C)N=c2sc(=Cc3c(-c4ccccc4)[nH]c4c(C)cc(C)cc34)c(=O)n2[C@@H]1c1ccc2c(c1)OCO2. The van der Waals surface area contributed by atoms with Crippen LogP contribution in [0, 0.1) is 13.8 Å². The molecule has 0 spiro atoms. The predicted octanol–water partition coefficient (Wildman–Crippen LogP) is 5.29. The first kappa shape index (κ1) is 27.0. The molecule has 0 unspecified atom stereocenters. The van der Waals surface area contributed by atoms with Gasteiger partial charge in [-0.2, -0.15) is 0 Å². The molecular weight excluding hydrogens is 562 g/mol. The summed E-state index contributed by atoms with van der Waals surface area (Å²) >= 11 is 1.31. The number of nitrogens with one attached hydrogen (secondary N) is 1. The molecule has 4 heterocycles. The number of aryl methyl sites for hydroxylation is 2. The smallest absolute Gasteiger partial charge is 0.338 e. The monoisotopic (exact) mass is 591 g/mol. The Hall–Kier alpha value is -4.89. The van der Waals surface area contributed by atoms with Crippen LogP contribution in [-0.4, -0.2) is 28.9 Å². The summed E-state index contributed by atoms with van der Waals surface area (Å²) in [7, 11) is 0. The maximum atomic E-state index is 14.3. The van der Waals surface area contributed by atoms with Crippen molar-refractivity contribution in [1.29, 1.82) is 0 Å². The van der Waals surface area contributed by atoms with Crippen molar-refractivity contribution in [1.82, 2.24) is 9.55 Å². The molecule has 0 aliphatic carbocycles. The van der Waals surface area contributed by atoms with E-state index in [1.807, 2.05) is 36.4 Å². The lowest BCUT2D eigenvalue weighted by Crippen LogP contribution is -2.39. The Balaban J connectivity index is 1.48. The van der Waals surface area contributed by atoms with Crippen molar-refractivity contribution in [3.8, 4) is 22.8 Å². The molecule has 216 valence electrons. The molecule has 0 fully saturated rings. The normalized spacial score (nSPS) is 16.0. The van der Waals surface area contributed by atoms with Gasteiger partial charge in [0.25, 0.3) is 5.56 Å². The van der Waals surface area contributed by atoms with Crippen LogP contribution >= 0.6 is 11.3 Å². The maximum Gasteiger partial charge on any atom is 0.338 e. The number of benzene rings is 3. The van der Waals surface area contributed by atoms with Crippen molar-refractivity contribution in [3.05, 3.63) is 114 Å². The summed E-state index contributed by atoms with van der Waals surface area (Å²) in [5, 5.41) is 1.04. The van der Waals surface area contributed by atoms with E-state index in [2.05, 4.69) is 43.1 Å². The lowest BCUT2D eigenvalue weighted by atomic mass is 9.95. The minimum absolute atomic E-state index is 0.120. The van der Waals surface area contributed by atoms with Gasteiger partial charge in [-0.05, 0) is 68.7 Å². The Labute approximate surface area is 251 Å². The average Bonchev–Trinajstić information content (AvgIpc) is 3.69. The number of ether oxygens (including phenoxy) is 3. The second kappa shape index (κ2) is 10.4. The number of fused-ring (bicyclic) bond motifs is 3. The van der Waals surface area contributed by atoms with E-state index >= 15 is 0 Å². The number of hydrogen-bond acceptors (Lipinski definition) is 7. The van der Waals surface area contributed by atoms with Gasteiger partial charge in [0.1, 0.15) is 0 Å². The predicted molar refractivity (Wildman–Crippen MR) is 166 cm³/mol. The Morgan fingerprint density at radius 3 is 2.67 bits per heavy atom. The lowest BCUT2D eigenvalue weighted by Gasteiger charge is -2.24. The highest BCUT2D eigenvalue weighted by Crippen LogP contribution is 2.38. The molecule has 2 aliphatic rings. The van der Waals surface area contributed by atoms with Gasteiger partial charge in [0.05, 0.1) is 34.1 Å². The van der Waals surface area contributed by atoms with Crippen LogP contribution in [0.15, 0.2) is 81.7 Å². The van der Waals surface area contributed by atoms with Gasteiger partial charge in [0.2, 0.25) is 6.79 Å². The molecule has 8 nitrogen and oxygen atoms in total. The molecule has 0 radical (unpaired) electrons. The Bertz CT molecular complexity index is 2150. The Morgan fingerprint density at radius 1 is 1.09 bits per heavy atom. The number of aromatic amines is 1. The Kier molecular flexibility index (Phi) is 6.54. The first-order valence-electron chi connectivity index (χ1n) is 14.1. The van der Waals surface area contributed by atoms with Crippen molar-refractivity contribution in [2.45, 2.75) is 33.7 Å². The molecule has 1 atom stereocenters. The minimum Gasteiger partial charge on any atom is -0.463 e. The number of allylic oxidation sites excluding steroid dienone is 1. The van der Waals surface area contributed by atoms with Gasteiger partial charge in [-0.3, -0.25) is 9.36 Å². The molecule has 0 bridgehead atoms. The van der Waals surface area contributed by atoms with Crippen molar-refractivity contribution in [2.24, 2.45) is 4.99 Å². The van der Waals surface area contributed by atoms with Gasteiger partial charge >= 0.3 is 5.97 Å². The summed E-state index contributed by atoms with van der Waals surface area (Å²) < 4.78 is 18.7. The minimum atomic E-state index is -0.743. The zero-order valence-electron chi connectivity index (χ0n) is 24.2. The average molecular weight is 592 g/mol. The first-order chi connectivity index (χ1) is 20.8. The number of nitrogens with zero attached hydrogens (tertiary/aromatic N) is 2. The second-order valence-electron chi connectivity index (χ2n) is 10.7. The topological polar surface area (TPSA) is 94.9 Å². The number of carbonyl (C=O) groups excluding carboxylic acids is 1. The maximum absolute atomic E-state index is 14.3. The summed E-state index contributed by atoms with van der Waals surface area (Å²) in [6.07, 6.45) is 1.95. The quantitative estimate of drug-likeness (QED) is 0.280. The molecule has 3 aromatic carbocycles. The third-order valence-corrected chi connectivity index (χ3v) is 8.84. The number of H-pyrrole nitrogens is 1. The van der Waals surface area contributed by atoms with E-state index in [0.717, 1.165) is 38.9 Å². The van der Waals surface area contributed by atoms with Gasteiger partial charge in [0, 0.05) is 16.5 Å². The van der Waals surface area contributed by atoms with Crippen LogP contribution in [0.2, 0.25) is 0 Å². The van der Waals surface area contributed by atoms with E-state index in [0.29, 0.717) is 37.7 Å². The molecule has 2 aliphatic heterocycles. The van der Waals surface area contributed by atoms with Gasteiger partial charge in [0.15, 0.2) is 16.3 Å². The molecule has 2 aromatic heterocycles. The van der Waals surface area contributed by atoms with Crippen LogP contribution in [0.4, 0.5) is 0 Å². The van der Waals surface area contributed by atoms with E-state index in [1.54, 1.807) is 24.5 Å². The molecular formula is C34H29N3O5S. The third kappa shape index (κ3) is 4.47. The highest BCUT2D eigenvalue weighted by atomic mass is 32.1. The molecule has 0 saturated carbocycles. The van der Waals surface area contributed by atoms with Crippen LogP contribution in [0.3, 0.4) is 0 Å². The van der Waals surface area contributed by atoms with E-state index in [9.17, 15) is 9.59 Å². The number of thiazole rings is 1. The Morgan fingerprint density at radius 2 is 1.88 bits per heavy atom. The van der Waals surface area contributed by atoms with Gasteiger partial charge < -0.3 is 19.2 Å². The van der Waals surface area contributed by atoms with Crippen LogP contribution in [0.1, 0.15) is 42.1 Å². The molecule has 1 N–H and O–H groups in total. The standard InChI is InChI=1S/C34H29N3O5S/c1-5-40-33(39)28-20(4)35-34-37(31(28)22-11-12-25-26(15-22)42-17-41-25)32(38)27(43-34)16-24-23-14-18(2)13-19(3)29(23)36-30(24)21-9-7-6-8-10-21/h6-16,31,36H,5,17H2,1-4H3/t31-/m1/s1. The summed E-state index contributed by atoms with van der Waals surface area (Å²) in [6, 6.07) is 19.1. The number of esters is 1. The van der Waals surface area contributed by atoms with Crippen LogP contribution in [-0.2, 0) is 9.53 Å². The summed E-state index contributed by atoms with van der Waals surface area (Å²) in [5.41, 5.74) is 7.49. The van der Waals surface area contributed by atoms with E-state index in [4.69, 9.17) is 19.2 Å². The molecule has 5 aromatic rings. The summed E-state index contributed by atoms with van der Waals surface area (Å²) in [5.74, 6) is 0.678. The summed E-state index contributed by atoms with van der Waals surface area (Å²) in [6.45, 7) is 8.02.